The van der Waals surface area contributed by atoms with Crippen molar-refractivity contribution in [2.24, 2.45) is 5.92 Å². The van der Waals surface area contributed by atoms with Gasteiger partial charge in [-0.05, 0) is 18.8 Å². The van der Waals surface area contributed by atoms with Crippen molar-refractivity contribution < 1.29 is 18.3 Å². The van der Waals surface area contributed by atoms with Gasteiger partial charge in [0.2, 0.25) is 0 Å². The first-order valence-electron chi connectivity index (χ1n) is 5.17. The van der Waals surface area contributed by atoms with Crippen LogP contribution in [-0.2, 0) is 14.6 Å². The van der Waals surface area contributed by atoms with E-state index in [9.17, 15) is 13.2 Å². The highest BCUT2D eigenvalue weighted by Crippen LogP contribution is 2.35. The smallest absolute Gasteiger partial charge is 0.321 e. The quantitative estimate of drug-likeness (QED) is 0.716. The molecule has 1 heterocycles. The van der Waals surface area contributed by atoms with Crippen LogP contribution in [0.2, 0.25) is 0 Å². The van der Waals surface area contributed by atoms with Crippen LogP contribution < -0.4 is 0 Å². The Morgan fingerprint density at radius 3 is 2.20 bits per heavy atom. The van der Waals surface area contributed by atoms with E-state index in [2.05, 4.69) is 0 Å². The Hall–Kier alpha value is -0.620. The maximum Gasteiger partial charge on any atom is 0.321 e. The fraction of sp³-hybridized carbons (Fsp3) is 0.889. The standard InChI is InChI=1S/C9H15NO4S/c11-9(12)8(7-1-2-7)10-3-5-15(13,14)6-4-10/h7-8H,1-6H2,(H,11,12). The number of hydrogen-bond acceptors (Lipinski definition) is 4. The largest absolute Gasteiger partial charge is 0.480 e. The van der Waals surface area contributed by atoms with Gasteiger partial charge >= 0.3 is 5.97 Å². The molecule has 1 unspecified atom stereocenters. The molecule has 2 fully saturated rings. The fourth-order valence-electron chi connectivity index (χ4n) is 2.07. The van der Waals surface area contributed by atoms with Gasteiger partial charge in [0.1, 0.15) is 6.04 Å². The summed E-state index contributed by atoms with van der Waals surface area (Å²) >= 11 is 0. The average molecular weight is 233 g/mol. The number of rotatable bonds is 3. The monoisotopic (exact) mass is 233 g/mol. The highest BCUT2D eigenvalue weighted by molar-refractivity contribution is 7.91. The van der Waals surface area contributed by atoms with E-state index < -0.39 is 21.8 Å². The molecule has 6 heteroatoms. The fourth-order valence-corrected chi connectivity index (χ4v) is 3.30. The van der Waals surface area contributed by atoms with E-state index in [1.807, 2.05) is 0 Å². The second-order valence-corrected chi connectivity index (χ2v) is 6.61. The van der Waals surface area contributed by atoms with Crippen LogP contribution in [0.5, 0.6) is 0 Å². The molecule has 1 N–H and O–H groups in total. The summed E-state index contributed by atoms with van der Waals surface area (Å²) in [5.41, 5.74) is 0. The van der Waals surface area contributed by atoms with Crippen LogP contribution >= 0.6 is 0 Å². The van der Waals surface area contributed by atoms with Gasteiger partial charge in [-0.2, -0.15) is 0 Å². The molecule has 0 bridgehead atoms. The molecule has 15 heavy (non-hydrogen) atoms. The number of carbonyl (C=O) groups is 1. The molecule has 2 rings (SSSR count). The first kappa shape index (κ1) is 10.9. The summed E-state index contributed by atoms with van der Waals surface area (Å²) in [5.74, 6) is -0.368. The Balaban J connectivity index is 2.01. The second kappa shape index (κ2) is 3.75. The maximum atomic E-state index is 11.2. The molecule has 0 radical (unpaired) electrons. The third kappa shape index (κ3) is 2.49. The van der Waals surface area contributed by atoms with Crippen molar-refractivity contribution in [2.75, 3.05) is 24.6 Å². The maximum absolute atomic E-state index is 11.2. The van der Waals surface area contributed by atoms with Crippen molar-refractivity contribution in [1.82, 2.24) is 4.90 Å². The Labute approximate surface area is 89.0 Å². The Morgan fingerprint density at radius 2 is 1.80 bits per heavy atom. The summed E-state index contributed by atoms with van der Waals surface area (Å²) in [5, 5.41) is 9.07. The number of carboxylic acid groups (broad SMARTS) is 1. The zero-order valence-electron chi connectivity index (χ0n) is 8.42. The van der Waals surface area contributed by atoms with Crippen LogP contribution in [0.3, 0.4) is 0 Å². The molecule has 1 atom stereocenters. The number of aliphatic carboxylic acids is 1. The van der Waals surface area contributed by atoms with E-state index in [0.29, 0.717) is 13.1 Å². The van der Waals surface area contributed by atoms with Crippen LogP contribution in [0, 0.1) is 5.92 Å². The molecule has 1 saturated carbocycles. The lowest BCUT2D eigenvalue weighted by Crippen LogP contribution is -2.50. The van der Waals surface area contributed by atoms with E-state index in [-0.39, 0.29) is 17.4 Å². The van der Waals surface area contributed by atoms with E-state index in [0.717, 1.165) is 12.8 Å². The van der Waals surface area contributed by atoms with Crippen LogP contribution in [-0.4, -0.2) is 55.0 Å². The van der Waals surface area contributed by atoms with Crippen molar-refractivity contribution in [3.63, 3.8) is 0 Å². The molecule has 1 aliphatic heterocycles. The zero-order chi connectivity index (χ0) is 11.1. The van der Waals surface area contributed by atoms with Gasteiger partial charge in [-0.1, -0.05) is 0 Å². The molecule has 0 spiro atoms. The van der Waals surface area contributed by atoms with Gasteiger partial charge in [-0.3, -0.25) is 9.69 Å². The van der Waals surface area contributed by atoms with Crippen LogP contribution in [0.15, 0.2) is 0 Å². The first-order chi connectivity index (χ1) is 6.99. The average Bonchev–Trinajstić information content (AvgIpc) is 2.92. The molecule has 1 saturated heterocycles. The molecule has 86 valence electrons. The summed E-state index contributed by atoms with van der Waals surface area (Å²) < 4.78 is 22.4. The lowest BCUT2D eigenvalue weighted by atomic mass is 10.1. The van der Waals surface area contributed by atoms with Gasteiger partial charge in [0.15, 0.2) is 9.84 Å². The highest BCUT2D eigenvalue weighted by Gasteiger charge is 2.41. The van der Waals surface area contributed by atoms with Crippen LogP contribution in [0.4, 0.5) is 0 Å². The van der Waals surface area contributed by atoms with Crippen molar-refractivity contribution in [3.05, 3.63) is 0 Å². The van der Waals surface area contributed by atoms with Crippen molar-refractivity contribution in [1.29, 1.82) is 0 Å². The van der Waals surface area contributed by atoms with Gasteiger partial charge in [-0.15, -0.1) is 0 Å². The Morgan fingerprint density at radius 1 is 1.27 bits per heavy atom. The Bertz CT molecular complexity index is 346. The molecule has 0 aromatic heterocycles. The minimum atomic E-state index is -2.91. The topological polar surface area (TPSA) is 74.7 Å². The summed E-state index contributed by atoms with van der Waals surface area (Å²) in [7, 11) is -2.91. The molecular weight excluding hydrogens is 218 g/mol. The van der Waals surface area contributed by atoms with E-state index in [1.165, 1.54) is 0 Å². The summed E-state index contributed by atoms with van der Waals surface area (Å²) in [6, 6.07) is -0.458. The van der Waals surface area contributed by atoms with Gasteiger partial charge in [0.05, 0.1) is 11.5 Å². The minimum absolute atomic E-state index is 0.101. The SMILES string of the molecule is O=C(O)C(C1CC1)N1CCS(=O)(=O)CC1. The normalized spacial score (nSPS) is 28.5. The van der Waals surface area contributed by atoms with Crippen LogP contribution in [0.1, 0.15) is 12.8 Å². The van der Waals surface area contributed by atoms with Gasteiger partial charge in [0.25, 0.3) is 0 Å². The molecule has 0 aromatic carbocycles. The minimum Gasteiger partial charge on any atom is -0.480 e. The zero-order valence-corrected chi connectivity index (χ0v) is 9.24. The number of nitrogens with zero attached hydrogens (tertiary/aromatic N) is 1. The molecule has 0 aromatic rings. The number of hydrogen-bond donors (Lipinski definition) is 1. The van der Waals surface area contributed by atoms with Crippen molar-refractivity contribution in [2.45, 2.75) is 18.9 Å². The van der Waals surface area contributed by atoms with Crippen molar-refractivity contribution in [3.8, 4) is 0 Å². The van der Waals surface area contributed by atoms with Gasteiger partial charge in [-0.25, -0.2) is 8.42 Å². The third-order valence-electron chi connectivity index (χ3n) is 3.09. The first-order valence-corrected chi connectivity index (χ1v) is 6.99. The van der Waals surface area contributed by atoms with Crippen molar-refractivity contribution >= 4 is 15.8 Å². The van der Waals surface area contributed by atoms with Gasteiger partial charge in [0, 0.05) is 13.1 Å². The lowest BCUT2D eigenvalue weighted by Gasteiger charge is -2.31. The summed E-state index contributed by atoms with van der Waals surface area (Å²) in [6.07, 6.45) is 1.92. The predicted octanol–water partition coefficient (Wildman–Crippen LogP) is -0.420. The van der Waals surface area contributed by atoms with E-state index >= 15 is 0 Å². The summed E-state index contributed by atoms with van der Waals surface area (Å²) in [6.45, 7) is 0.742. The Kier molecular flexibility index (Phi) is 2.72. The highest BCUT2D eigenvalue weighted by atomic mass is 32.2. The molecular formula is C9H15NO4S. The summed E-state index contributed by atoms with van der Waals surface area (Å²) in [4.78, 5) is 12.9. The van der Waals surface area contributed by atoms with Crippen LogP contribution in [0.25, 0.3) is 0 Å². The van der Waals surface area contributed by atoms with Gasteiger partial charge < -0.3 is 5.11 Å². The number of sulfone groups is 1. The molecule has 5 nitrogen and oxygen atoms in total. The molecule has 2 aliphatic rings. The molecule has 0 amide bonds. The second-order valence-electron chi connectivity index (χ2n) is 4.31. The van der Waals surface area contributed by atoms with E-state index in [1.54, 1.807) is 4.90 Å². The lowest BCUT2D eigenvalue weighted by molar-refractivity contribution is -0.144. The number of carboxylic acids is 1. The third-order valence-corrected chi connectivity index (χ3v) is 4.70. The predicted molar refractivity (Wildman–Crippen MR) is 54.4 cm³/mol. The van der Waals surface area contributed by atoms with E-state index in [4.69, 9.17) is 5.11 Å². The molecule has 1 aliphatic carbocycles.